The van der Waals surface area contributed by atoms with Crippen LogP contribution >= 0.6 is 0 Å². The van der Waals surface area contributed by atoms with E-state index in [0.717, 1.165) is 23.8 Å². The number of benzene rings is 1. The summed E-state index contributed by atoms with van der Waals surface area (Å²) >= 11 is 0. The molecule has 17 heteroatoms. The van der Waals surface area contributed by atoms with Crippen LogP contribution in [-0.4, -0.2) is 116 Å². The molecule has 0 saturated carbocycles. The van der Waals surface area contributed by atoms with Gasteiger partial charge >= 0.3 is 17.9 Å². The van der Waals surface area contributed by atoms with Crippen LogP contribution < -0.4 is 5.32 Å². The van der Waals surface area contributed by atoms with Gasteiger partial charge in [-0.1, -0.05) is 98.0 Å². The minimum Gasteiger partial charge on any atom is -0.467 e. The van der Waals surface area contributed by atoms with Crippen LogP contribution in [0.5, 0.6) is 0 Å². The Morgan fingerprint density at radius 2 is 1.62 bits per heavy atom. The Balaban J connectivity index is 1.66. The number of ether oxygens (including phenoxy) is 5. The highest BCUT2D eigenvalue weighted by molar-refractivity contribution is 5.96. The third-order valence-electron chi connectivity index (χ3n) is 9.92. The molecule has 2 heterocycles. The number of nitrogens with zero attached hydrogens (tertiary/aromatic N) is 3. The first kappa shape index (κ1) is 52.7. The summed E-state index contributed by atoms with van der Waals surface area (Å²) in [6.45, 7) is 9.31. The van der Waals surface area contributed by atoms with Crippen molar-refractivity contribution in [1.29, 1.82) is 0 Å². The van der Waals surface area contributed by atoms with E-state index in [1.54, 1.807) is 114 Å². The zero-order valence-corrected chi connectivity index (χ0v) is 38.4. The van der Waals surface area contributed by atoms with Crippen molar-refractivity contribution in [2.75, 3.05) is 41.2 Å². The summed E-state index contributed by atoms with van der Waals surface area (Å²) in [6, 6.07) is 7.31. The van der Waals surface area contributed by atoms with Crippen molar-refractivity contribution in [2.24, 2.45) is 5.41 Å². The lowest BCUT2D eigenvalue weighted by molar-refractivity contribution is -0.260. The lowest BCUT2D eigenvalue weighted by Crippen LogP contribution is -2.65. The number of amides is 3. The lowest BCUT2D eigenvalue weighted by atomic mass is 9.81. The molecule has 0 bridgehead atoms. The molecule has 0 spiro atoms. The summed E-state index contributed by atoms with van der Waals surface area (Å²) in [5.41, 5.74) is -2.43. The first-order valence-electron chi connectivity index (χ1n) is 20.8. The summed E-state index contributed by atoms with van der Waals surface area (Å²) in [5.74, 6) is -3.03. The van der Waals surface area contributed by atoms with Crippen LogP contribution in [0.15, 0.2) is 126 Å². The van der Waals surface area contributed by atoms with Crippen LogP contribution in [0.3, 0.4) is 0 Å². The fourth-order valence-corrected chi connectivity index (χ4v) is 6.26. The molecule has 1 saturated heterocycles. The molecular formula is C48H60N4O13. The van der Waals surface area contributed by atoms with Crippen LogP contribution in [0.4, 0.5) is 0 Å². The number of carbonyl (C=O) groups is 6. The molecule has 65 heavy (non-hydrogen) atoms. The molecule has 1 aromatic carbocycles. The van der Waals surface area contributed by atoms with E-state index in [4.69, 9.17) is 32.9 Å². The van der Waals surface area contributed by atoms with Gasteiger partial charge in [0.05, 0.1) is 30.4 Å². The Bertz CT molecular complexity index is 2140. The third kappa shape index (κ3) is 15.2. The zero-order chi connectivity index (χ0) is 48.0. The number of likely N-dealkylation sites (N-methyl/N-ethyl adjacent to an activating group) is 1. The van der Waals surface area contributed by atoms with Crippen LogP contribution in [-0.2, 0) is 58.9 Å². The molecule has 1 aromatic heterocycles. The van der Waals surface area contributed by atoms with Gasteiger partial charge in [0.2, 0.25) is 5.91 Å². The molecule has 0 aliphatic carbocycles. The minimum absolute atomic E-state index is 0.134. The predicted octanol–water partition coefficient (Wildman–Crippen LogP) is 5.61. The average Bonchev–Trinajstić information content (AvgIpc) is 3.98. The summed E-state index contributed by atoms with van der Waals surface area (Å²) in [6.07, 6.45) is 21.9. The molecular weight excluding hydrogens is 841 g/mol. The fourth-order valence-electron chi connectivity index (χ4n) is 6.26. The fraction of sp³-hybridized carbons (Fsp3) is 0.396. The first-order valence-corrected chi connectivity index (χ1v) is 20.8. The number of rotatable bonds is 22. The van der Waals surface area contributed by atoms with Gasteiger partial charge in [-0.3, -0.25) is 14.4 Å². The number of hydroxylamine groups is 2. The monoisotopic (exact) mass is 900 g/mol. The van der Waals surface area contributed by atoms with Crippen molar-refractivity contribution < 1.29 is 61.7 Å². The van der Waals surface area contributed by atoms with Gasteiger partial charge in [-0.2, -0.15) is 0 Å². The van der Waals surface area contributed by atoms with Crippen molar-refractivity contribution in [3.8, 4) is 0 Å². The van der Waals surface area contributed by atoms with E-state index in [0.29, 0.717) is 28.5 Å². The number of esters is 2. The number of oxazole rings is 1. The van der Waals surface area contributed by atoms with Gasteiger partial charge in [0.15, 0.2) is 18.7 Å². The molecule has 3 amide bonds. The van der Waals surface area contributed by atoms with Crippen molar-refractivity contribution in [2.45, 2.75) is 78.4 Å². The highest BCUT2D eigenvalue weighted by Gasteiger charge is 2.57. The van der Waals surface area contributed by atoms with E-state index in [2.05, 4.69) is 10.3 Å². The highest BCUT2D eigenvalue weighted by Crippen LogP contribution is 2.31. The second kappa shape index (κ2) is 26.2. The summed E-state index contributed by atoms with van der Waals surface area (Å²) in [5, 5.41) is 3.39. The highest BCUT2D eigenvalue weighted by atomic mass is 16.8. The van der Waals surface area contributed by atoms with Crippen LogP contribution in [0.1, 0.15) is 63.0 Å². The van der Waals surface area contributed by atoms with Crippen LogP contribution in [0, 0.1) is 12.3 Å². The standard InChI is InChI=1S/C48H60N4O13/c1-10-40(54)65-52(48(32-61-33-62-48)46(58)51(7)41(35(3)59-8)44(56)60-9)39(53)29-23-14-12-11-13-17-24-30-49-45(57)47(5,6)42(64-43(55)37-26-20-18-21-27-37)34(2)25-19-15-16-22-28-38-31-50-36(4)63-38/h11-27,29,31,35,41-42H,10,28,30,32-33H2,1-9H3,(H,49,57)/b13-11+,14-12+,19-15-,22-16+,24-17-,29-23+,34-25-. The summed E-state index contributed by atoms with van der Waals surface area (Å²) < 4.78 is 32.6. The molecule has 350 valence electrons. The second-order valence-electron chi connectivity index (χ2n) is 15.1. The summed E-state index contributed by atoms with van der Waals surface area (Å²) in [7, 11) is 3.81. The molecule has 0 radical (unpaired) electrons. The number of methoxy groups -OCH3 is 2. The van der Waals surface area contributed by atoms with Crippen LogP contribution in [0.2, 0.25) is 0 Å². The maximum atomic E-state index is 14.0. The molecule has 1 aliphatic rings. The Morgan fingerprint density at radius 1 is 0.954 bits per heavy atom. The molecule has 1 aliphatic heterocycles. The van der Waals surface area contributed by atoms with Crippen molar-refractivity contribution in [3.05, 3.63) is 138 Å². The Hall–Kier alpha value is -6.69. The normalized spacial score (nSPS) is 17.3. The number of aryl methyl sites for hydroxylation is 1. The van der Waals surface area contributed by atoms with E-state index in [1.165, 1.54) is 33.2 Å². The van der Waals surface area contributed by atoms with E-state index in [9.17, 15) is 28.8 Å². The molecule has 3 rings (SSSR count). The Kier molecular flexibility index (Phi) is 21.2. The van der Waals surface area contributed by atoms with Crippen molar-refractivity contribution >= 4 is 35.6 Å². The molecule has 2 aromatic rings. The zero-order valence-electron chi connectivity index (χ0n) is 38.4. The molecule has 1 fully saturated rings. The average molecular weight is 901 g/mol. The predicted molar refractivity (Wildman–Crippen MR) is 239 cm³/mol. The third-order valence-corrected chi connectivity index (χ3v) is 9.92. The van der Waals surface area contributed by atoms with E-state index in [-0.39, 0.29) is 18.9 Å². The largest absolute Gasteiger partial charge is 0.467 e. The number of allylic oxidation sites excluding steroid dienone is 11. The van der Waals surface area contributed by atoms with E-state index >= 15 is 0 Å². The first-order chi connectivity index (χ1) is 31.0. The van der Waals surface area contributed by atoms with Gasteiger partial charge in [-0.25, -0.2) is 19.4 Å². The Morgan fingerprint density at radius 3 is 2.23 bits per heavy atom. The minimum atomic E-state index is -2.27. The lowest BCUT2D eigenvalue weighted by Gasteiger charge is -2.39. The van der Waals surface area contributed by atoms with Gasteiger partial charge in [0.1, 0.15) is 18.5 Å². The number of aromatic nitrogens is 1. The number of hydrogen-bond acceptors (Lipinski definition) is 14. The molecule has 4 unspecified atom stereocenters. The molecule has 4 atom stereocenters. The number of nitrogens with one attached hydrogen (secondary N) is 1. The quantitative estimate of drug-likeness (QED) is 0.0661. The van der Waals surface area contributed by atoms with Gasteiger partial charge in [-0.05, 0) is 45.4 Å². The van der Waals surface area contributed by atoms with Crippen molar-refractivity contribution in [1.82, 2.24) is 20.3 Å². The number of carbonyl (C=O) groups excluding carboxylic acids is 6. The van der Waals surface area contributed by atoms with E-state index < -0.39 is 72.5 Å². The SMILES string of the molecule is CCC(=O)ON(C(=O)/C=C/C=C/C=C/C=C\CNC(=O)C(C)(C)C(OC(=O)c1ccccc1)\C(C)=C/C=C\C=C\Cc1cnc(C)o1)C1(C(=O)N(C)C(C(=O)OC)C(C)OC)COCO1. The maximum absolute atomic E-state index is 14.0. The topological polar surface area (TPSA) is 202 Å². The van der Waals surface area contributed by atoms with Gasteiger partial charge < -0.3 is 43.2 Å². The molecule has 1 N–H and O–H groups in total. The van der Waals surface area contributed by atoms with E-state index in [1.807, 2.05) is 18.2 Å². The molecule has 17 nitrogen and oxygen atoms in total. The number of hydrogen-bond donors (Lipinski definition) is 1. The van der Waals surface area contributed by atoms with Gasteiger partial charge in [0.25, 0.3) is 17.5 Å². The van der Waals surface area contributed by atoms with Crippen molar-refractivity contribution in [3.63, 3.8) is 0 Å². The summed E-state index contributed by atoms with van der Waals surface area (Å²) in [4.78, 5) is 89.8. The van der Waals surface area contributed by atoms with Gasteiger partial charge in [-0.15, -0.1) is 5.06 Å². The smallest absolute Gasteiger partial charge is 0.338 e. The Labute approximate surface area is 380 Å². The maximum Gasteiger partial charge on any atom is 0.338 e. The second-order valence-corrected chi connectivity index (χ2v) is 15.1. The van der Waals surface area contributed by atoms with Crippen LogP contribution in [0.25, 0.3) is 0 Å². The van der Waals surface area contributed by atoms with Gasteiger partial charge in [0, 0.05) is 46.5 Å².